The molecule has 0 unspecified atom stereocenters. The molecule has 142 valence electrons. The van der Waals surface area contributed by atoms with Crippen LogP contribution in [0, 0.1) is 0 Å². The van der Waals surface area contributed by atoms with Crippen LogP contribution in [0.2, 0.25) is 0 Å². The second-order valence-electron chi connectivity index (χ2n) is 7.88. The summed E-state index contributed by atoms with van der Waals surface area (Å²) in [7, 11) is 0. The van der Waals surface area contributed by atoms with Gasteiger partial charge in [0.05, 0.1) is 17.7 Å². The number of thiazole rings is 1. The van der Waals surface area contributed by atoms with Gasteiger partial charge in [-0.3, -0.25) is 9.59 Å². The molecule has 3 heterocycles. The van der Waals surface area contributed by atoms with Gasteiger partial charge in [0.1, 0.15) is 0 Å². The predicted molar refractivity (Wildman–Crippen MR) is 99.3 cm³/mol. The number of fused-ring (bicyclic) bond motifs is 1. The minimum absolute atomic E-state index is 0.0481. The van der Waals surface area contributed by atoms with Crippen molar-refractivity contribution in [2.45, 2.75) is 63.4 Å². The Morgan fingerprint density at radius 1 is 1.00 bits per heavy atom. The third-order valence-corrected chi connectivity index (χ3v) is 7.09. The molecule has 0 radical (unpaired) electrons. The van der Waals surface area contributed by atoms with Gasteiger partial charge in [0, 0.05) is 43.9 Å². The quantitative estimate of drug-likeness (QED) is 0.874. The van der Waals surface area contributed by atoms with Crippen LogP contribution in [0.1, 0.15) is 65.3 Å². The fraction of sp³-hybridized carbons (Fsp3) is 0.737. The molecule has 1 saturated carbocycles. The zero-order chi connectivity index (χ0) is 18.1. The lowest BCUT2D eigenvalue weighted by Gasteiger charge is -2.37. The van der Waals surface area contributed by atoms with Crippen molar-refractivity contribution in [3.63, 3.8) is 0 Å². The Balaban J connectivity index is 1.38. The van der Waals surface area contributed by atoms with E-state index in [1.165, 1.54) is 17.8 Å². The highest BCUT2D eigenvalue weighted by Gasteiger charge is 2.38. The number of rotatable bonds is 3. The predicted octanol–water partition coefficient (Wildman–Crippen LogP) is 2.00. The molecule has 26 heavy (non-hydrogen) atoms. The number of carbonyl (C=O) groups is 2. The van der Waals surface area contributed by atoms with E-state index in [2.05, 4.69) is 4.98 Å². The van der Waals surface area contributed by atoms with E-state index in [1.807, 2.05) is 9.80 Å². The van der Waals surface area contributed by atoms with Crippen molar-refractivity contribution in [3.05, 3.63) is 15.6 Å². The van der Waals surface area contributed by atoms with Crippen molar-refractivity contribution in [1.29, 1.82) is 0 Å². The first-order chi connectivity index (χ1) is 12.5. The summed E-state index contributed by atoms with van der Waals surface area (Å²) in [6.07, 6.45) is 7.56. The first-order valence-electron chi connectivity index (χ1n) is 9.82. The average molecular weight is 378 g/mol. The zero-order valence-corrected chi connectivity index (χ0v) is 16.0. The lowest BCUT2D eigenvalue weighted by molar-refractivity contribution is -0.140. The molecule has 6 nitrogen and oxygen atoms in total. The molecule has 3 aliphatic rings. The molecule has 1 aliphatic carbocycles. The van der Waals surface area contributed by atoms with Crippen LogP contribution in [-0.4, -0.2) is 63.5 Å². The molecule has 1 saturated heterocycles. The largest absolute Gasteiger partial charge is 0.389 e. The Labute approximate surface area is 158 Å². The molecule has 1 aromatic rings. The van der Waals surface area contributed by atoms with Gasteiger partial charge in [0.2, 0.25) is 5.91 Å². The van der Waals surface area contributed by atoms with E-state index in [1.54, 1.807) is 0 Å². The van der Waals surface area contributed by atoms with Crippen LogP contribution in [0.5, 0.6) is 0 Å². The van der Waals surface area contributed by atoms with Crippen LogP contribution in [-0.2, 0) is 17.6 Å². The minimum Gasteiger partial charge on any atom is -0.389 e. The maximum atomic E-state index is 12.7. The van der Waals surface area contributed by atoms with E-state index >= 15 is 0 Å². The molecule has 2 amide bonds. The molecule has 1 N–H and O–H groups in total. The number of likely N-dealkylation sites (tertiary alicyclic amines) is 1. The molecule has 0 atom stereocenters. The normalized spacial score (nSPS) is 22.3. The maximum Gasteiger partial charge on any atom is 0.282 e. The summed E-state index contributed by atoms with van der Waals surface area (Å²) in [5.41, 5.74) is 0.216. The minimum atomic E-state index is -0.763. The van der Waals surface area contributed by atoms with Crippen molar-refractivity contribution in [2.24, 2.45) is 0 Å². The summed E-state index contributed by atoms with van der Waals surface area (Å²) in [6.45, 7) is 2.97. The first-order valence-corrected chi connectivity index (χ1v) is 10.6. The van der Waals surface area contributed by atoms with Crippen molar-refractivity contribution < 1.29 is 14.7 Å². The van der Waals surface area contributed by atoms with Gasteiger partial charge in [-0.05, 0) is 38.5 Å². The number of carbonyl (C=O) groups excluding carboxylic acids is 2. The second kappa shape index (κ2) is 7.27. The number of piperidine rings is 1. The highest BCUT2D eigenvalue weighted by atomic mass is 32.1. The van der Waals surface area contributed by atoms with Crippen LogP contribution in [0.25, 0.3) is 0 Å². The van der Waals surface area contributed by atoms with Crippen molar-refractivity contribution in [3.8, 4) is 0 Å². The van der Waals surface area contributed by atoms with Gasteiger partial charge in [-0.1, -0.05) is 0 Å². The molecule has 2 fully saturated rings. The van der Waals surface area contributed by atoms with E-state index in [4.69, 9.17) is 0 Å². The molecule has 0 bridgehead atoms. The van der Waals surface area contributed by atoms with Crippen LogP contribution in [0.3, 0.4) is 0 Å². The molecule has 7 heteroatoms. The lowest BCUT2D eigenvalue weighted by atomic mass is 9.77. The van der Waals surface area contributed by atoms with Gasteiger partial charge >= 0.3 is 0 Å². The molecule has 0 aromatic carbocycles. The lowest BCUT2D eigenvalue weighted by Crippen LogP contribution is -2.44. The molecule has 4 rings (SSSR count). The topological polar surface area (TPSA) is 73.7 Å². The molecular weight excluding hydrogens is 350 g/mol. The van der Waals surface area contributed by atoms with E-state index < -0.39 is 5.60 Å². The van der Waals surface area contributed by atoms with Gasteiger partial charge in [-0.2, -0.15) is 0 Å². The Hall–Kier alpha value is -1.47. The zero-order valence-electron chi connectivity index (χ0n) is 15.2. The molecule has 1 aromatic heterocycles. The van der Waals surface area contributed by atoms with Gasteiger partial charge in [0.25, 0.3) is 5.91 Å². The number of nitrogens with zero attached hydrogens (tertiary/aromatic N) is 3. The van der Waals surface area contributed by atoms with E-state index in [0.717, 1.165) is 62.2 Å². The number of amides is 2. The fourth-order valence-corrected chi connectivity index (χ4v) is 5.16. The Morgan fingerprint density at radius 3 is 2.42 bits per heavy atom. The smallest absolute Gasteiger partial charge is 0.282 e. The molecular formula is C19H27N3O3S. The van der Waals surface area contributed by atoms with Crippen molar-refractivity contribution in [1.82, 2.24) is 14.8 Å². The number of aliphatic hydroxyl groups is 1. The molecule has 2 aliphatic heterocycles. The van der Waals surface area contributed by atoms with E-state index in [0.29, 0.717) is 24.5 Å². The van der Waals surface area contributed by atoms with E-state index in [-0.39, 0.29) is 18.2 Å². The van der Waals surface area contributed by atoms with Crippen LogP contribution in [0.4, 0.5) is 0 Å². The third-order valence-electron chi connectivity index (χ3n) is 5.95. The van der Waals surface area contributed by atoms with Gasteiger partial charge in [-0.15, -0.1) is 11.3 Å². The van der Waals surface area contributed by atoms with Gasteiger partial charge in [0.15, 0.2) is 5.01 Å². The summed E-state index contributed by atoms with van der Waals surface area (Å²) in [4.78, 5) is 34.7. The standard InChI is InChI=1S/C19H27N3O3S/c23-16(13-19(25)7-4-8-19)21-11-5-14-15(6-12-21)26-17(20-14)18(24)22-9-2-1-3-10-22/h25H,1-13H2. The second-order valence-corrected chi connectivity index (χ2v) is 8.96. The monoisotopic (exact) mass is 377 g/mol. The van der Waals surface area contributed by atoms with Crippen molar-refractivity contribution >= 4 is 23.2 Å². The SMILES string of the molecule is O=C(CC1(O)CCC1)N1CCc2nc(C(=O)N3CCCCC3)sc2CC1. The Morgan fingerprint density at radius 2 is 1.73 bits per heavy atom. The van der Waals surface area contributed by atoms with Crippen LogP contribution < -0.4 is 0 Å². The summed E-state index contributed by atoms with van der Waals surface area (Å²) >= 11 is 1.50. The fourth-order valence-electron chi connectivity index (χ4n) is 4.09. The average Bonchev–Trinajstić information content (AvgIpc) is 2.93. The van der Waals surface area contributed by atoms with Gasteiger partial charge < -0.3 is 14.9 Å². The summed E-state index contributed by atoms with van der Waals surface area (Å²) < 4.78 is 0. The highest BCUT2D eigenvalue weighted by Crippen LogP contribution is 2.35. The molecule has 0 spiro atoms. The summed E-state index contributed by atoms with van der Waals surface area (Å²) in [5, 5.41) is 10.8. The van der Waals surface area contributed by atoms with Crippen molar-refractivity contribution in [2.75, 3.05) is 26.2 Å². The third kappa shape index (κ3) is 3.64. The highest BCUT2D eigenvalue weighted by molar-refractivity contribution is 7.13. The summed E-state index contributed by atoms with van der Waals surface area (Å²) in [6, 6.07) is 0. The van der Waals surface area contributed by atoms with Crippen LogP contribution in [0.15, 0.2) is 0 Å². The number of aromatic nitrogens is 1. The van der Waals surface area contributed by atoms with Gasteiger partial charge in [-0.25, -0.2) is 4.98 Å². The van der Waals surface area contributed by atoms with Crippen LogP contribution >= 0.6 is 11.3 Å². The first kappa shape index (κ1) is 17.9. The Bertz CT molecular complexity index is 667. The number of hydrogen-bond donors (Lipinski definition) is 1. The summed E-state index contributed by atoms with van der Waals surface area (Å²) in [5.74, 6) is 0.120. The Kier molecular flexibility index (Phi) is 5.01. The maximum absolute atomic E-state index is 12.7. The van der Waals surface area contributed by atoms with E-state index in [9.17, 15) is 14.7 Å². The number of hydrogen-bond acceptors (Lipinski definition) is 5.